The van der Waals surface area contributed by atoms with E-state index in [1.807, 2.05) is 18.2 Å². The zero-order chi connectivity index (χ0) is 14.5. The van der Waals surface area contributed by atoms with E-state index < -0.39 is 5.97 Å². The van der Waals surface area contributed by atoms with Crippen LogP contribution in [-0.4, -0.2) is 21.3 Å². The Labute approximate surface area is 132 Å². The van der Waals surface area contributed by atoms with Crippen LogP contribution in [0.1, 0.15) is 25.2 Å². The fourth-order valence-corrected chi connectivity index (χ4v) is 2.45. The molecule has 2 rings (SSSR count). The number of benzene rings is 1. The first-order valence-corrected chi connectivity index (χ1v) is 7.64. The van der Waals surface area contributed by atoms with E-state index in [0.29, 0.717) is 31.0 Å². The molecule has 1 N–H and O–H groups in total. The summed E-state index contributed by atoms with van der Waals surface area (Å²) < 4.78 is 7.40. The first-order chi connectivity index (χ1) is 9.56. The maximum Gasteiger partial charge on any atom is 0.303 e. The van der Waals surface area contributed by atoms with Crippen molar-refractivity contribution in [2.45, 2.75) is 25.7 Å². The highest BCUT2D eigenvalue weighted by Gasteiger charge is 2.12. The first kappa shape index (κ1) is 15.2. The topological polar surface area (TPSA) is 76.2 Å². The Hall–Kier alpha value is -1.21. The van der Waals surface area contributed by atoms with Crippen LogP contribution in [-0.2, 0) is 11.2 Å². The van der Waals surface area contributed by atoms with Gasteiger partial charge in [0.05, 0.1) is 5.56 Å². The molecule has 0 bridgehead atoms. The lowest BCUT2D eigenvalue weighted by Crippen LogP contribution is -1.95. The molecular weight excluding hydrogens is 392 g/mol. The number of hydrogen-bond acceptors (Lipinski definition) is 4. The lowest BCUT2D eigenvalue weighted by molar-refractivity contribution is -0.137. The van der Waals surface area contributed by atoms with Crippen molar-refractivity contribution in [3.8, 4) is 11.5 Å². The molecule has 20 heavy (non-hydrogen) atoms. The monoisotopic (exact) mass is 402 g/mol. The normalized spacial score (nSPS) is 10.7. The molecule has 7 heteroatoms. The molecule has 0 saturated heterocycles. The fourth-order valence-electron chi connectivity index (χ4n) is 1.68. The minimum Gasteiger partial charge on any atom is -0.481 e. The van der Waals surface area contributed by atoms with Gasteiger partial charge in [-0.05, 0) is 47.0 Å². The number of carboxylic acid groups (broad SMARTS) is 1. The molecule has 0 radical (unpaired) electrons. The largest absolute Gasteiger partial charge is 0.481 e. The van der Waals surface area contributed by atoms with Crippen molar-refractivity contribution < 1.29 is 14.3 Å². The summed E-state index contributed by atoms with van der Waals surface area (Å²) >= 11 is 6.84. The van der Waals surface area contributed by atoms with E-state index in [4.69, 9.17) is 9.52 Å². The average Bonchev–Trinajstić information content (AvgIpc) is 2.86. The minimum absolute atomic E-state index is 0.165. The predicted molar refractivity (Wildman–Crippen MR) is 80.3 cm³/mol. The number of hydrogen-bond donors (Lipinski definition) is 1. The molecule has 0 saturated carbocycles. The van der Waals surface area contributed by atoms with Crippen LogP contribution in [0.4, 0.5) is 0 Å². The molecule has 0 aliphatic heterocycles. The molecule has 106 valence electrons. The molecule has 0 fully saturated rings. The molecule has 2 aromatic rings. The molecule has 0 amide bonds. The molecule has 0 atom stereocenters. The van der Waals surface area contributed by atoms with Crippen LogP contribution in [0.15, 0.2) is 31.6 Å². The number of halogens is 2. The number of carboxylic acids is 1. The zero-order valence-electron chi connectivity index (χ0n) is 10.5. The van der Waals surface area contributed by atoms with Crippen molar-refractivity contribution in [1.82, 2.24) is 10.2 Å². The maximum absolute atomic E-state index is 10.4. The molecule has 5 nitrogen and oxygen atoms in total. The predicted octanol–water partition coefficient (Wildman–Crippen LogP) is 4.06. The third-order valence-electron chi connectivity index (χ3n) is 2.66. The number of aryl methyl sites for hydroxylation is 1. The SMILES string of the molecule is O=C(O)CCCCc1nnc(-c2cc(Br)ccc2Br)o1. The van der Waals surface area contributed by atoms with Crippen LogP contribution >= 0.6 is 31.9 Å². The molecule has 1 aromatic heterocycles. The third kappa shape index (κ3) is 4.14. The van der Waals surface area contributed by atoms with E-state index in [1.165, 1.54) is 0 Å². The van der Waals surface area contributed by atoms with E-state index >= 15 is 0 Å². The van der Waals surface area contributed by atoms with Gasteiger partial charge in [0.1, 0.15) is 0 Å². The van der Waals surface area contributed by atoms with Gasteiger partial charge < -0.3 is 9.52 Å². The molecule has 0 aliphatic rings. The summed E-state index contributed by atoms with van der Waals surface area (Å²) in [4.78, 5) is 10.4. The van der Waals surface area contributed by atoms with Crippen LogP contribution < -0.4 is 0 Å². The minimum atomic E-state index is -0.783. The molecule has 0 spiro atoms. The van der Waals surface area contributed by atoms with E-state index in [1.54, 1.807) is 0 Å². The summed E-state index contributed by atoms with van der Waals surface area (Å²) in [6, 6.07) is 5.71. The van der Waals surface area contributed by atoms with Crippen LogP contribution in [0.5, 0.6) is 0 Å². The number of carbonyl (C=O) groups is 1. The highest BCUT2D eigenvalue weighted by atomic mass is 79.9. The van der Waals surface area contributed by atoms with Crippen LogP contribution in [0.25, 0.3) is 11.5 Å². The summed E-state index contributed by atoms with van der Waals surface area (Å²) in [5.41, 5.74) is 0.823. The Kier molecular flexibility index (Phi) is 5.31. The summed E-state index contributed by atoms with van der Waals surface area (Å²) in [5.74, 6) is 0.193. The number of unbranched alkanes of at least 4 members (excludes halogenated alkanes) is 1. The first-order valence-electron chi connectivity index (χ1n) is 6.06. The Morgan fingerprint density at radius 2 is 2.05 bits per heavy atom. The number of aliphatic carboxylic acids is 1. The standard InChI is InChI=1S/C13H12Br2N2O3/c14-8-5-6-10(15)9(7-8)13-17-16-11(20-13)3-1-2-4-12(18)19/h5-7H,1-4H2,(H,18,19). The number of aromatic nitrogens is 2. The van der Waals surface area contributed by atoms with Crippen molar-refractivity contribution >= 4 is 37.8 Å². The van der Waals surface area contributed by atoms with Gasteiger partial charge in [0.15, 0.2) is 0 Å². The highest BCUT2D eigenvalue weighted by molar-refractivity contribution is 9.11. The molecular formula is C13H12Br2N2O3. The van der Waals surface area contributed by atoms with Gasteiger partial charge >= 0.3 is 5.97 Å². The Balaban J connectivity index is 2.01. The number of nitrogens with zero attached hydrogens (tertiary/aromatic N) is 2. The quantitative estimate of drug-likeness (QED) is 0.736. The Morgan fingerprint density at radius 1 is 1.25 bits per heavy atom. The van der Waals surface area contributed by atoms with Gasteiger partial charge in [0.2, 0.25) is 11.8 Å². The van der Waals surface area contributed by atoms with E-state index in [-0.39, 0.29) is 6.42 Å². The zero-order valence-corrected chi connectivity index (χ0v) is 13.6. The smallest absolute Gasteiger partial charge is 0.303 e. The second kappa shape index (κ2) is 6.99. The highest BCUT2D eigenvalue weighted by Crippen LogP contribution is 2.30. The number of rotatable bonds is 6. The molecule has 0 aliphatic carbocycles. The average molecular weight is 404 g/mol. The second-order valence-electron chi connectivity index (χ2n) is 4.23. The van der Waals surface area contributed by atoms with Crippen molar-refractivity contribution in [2.24, 2.45) is 0 Å². The molecule has 1 heterocycles. The maximum atomic E-state index is 10.4. The van der Waals surface area contributed by atoms with Gasteiger partial charge in [0.25, 0.3) is 0 Å². The fraction of sp³-hybridized carbons (Fsp3) is 0.308. The van der Waals surface area contributed by atoms with Gasteiger partial charge in [-0.3, -0.25) is 4.79 Å². The summed E-state index contributed by atoms with van der Waals surface area (Å²) in [5, 5.41) is 16.6. The van der Waals surface area contributed by atoms with Gasteiger partial charge in [-0.15, -0.1) is 10.2 Å². The van der Waals surface area contributed by atoms with Gasteiger partial charge in [-0.2, -0.15) is 0 Å². The van der Waals surface area contributed by atoms with Crippen LogP contribution in [0.3, 0.4) is 0 Å². The van der Waals surface area contributed by atoms with Crippen molar-refractivity contribution in [2.75, 3.05) is 0 Å². The summed E-state index contributed by atoms with van der Waals surface area (Å²) in [6.45, 7) is 0. The van der Waals surface area contributed by atoms with E-state index in [9.17, 15) is 4.79 Å². The van der Waals surface area contributed by atoms with Gasteiger partial charge in [-0.25, -0.2) is 0 Å². The Morgan fingerprint density at radius 3 is 2.80 bits per heavy atom. The summed E-state index contributed by atoms with van der Waals surface area (Å²) in [7, 11) is 0. The van der Waals surface area contributed by atoms with Gasteiger partial charge in [-0.1, -0.05) is 15.9 Å². The van der Waals surface area contributed by atoms with Crippen molar-refractivity contribution in [3.05, 3.63) is 33.0 Å². The lowest BCUT2D eigenvalue weighted by Gasteiger charge is -1.99. The second-order valence-corrected chi connectivity index (χ2v) is 6.00. The van der Waals surface area contributed by atoms with E-state index in [2.05, 4.69) is 42.1 Å². The Bertz CT molecular complexity index is 613. The van der Waals surface area contributed by atoms with E-state index in [0.717, 1.165) is 14.5 Å². The van der Waals surface area contributed by atoms with Crippen LogP contribution in [0.2, 0.25) is 0 Å². The van der Waals surface area contributed by atoms with Gasteiger partial charge in [0, 0.05) is 21.8 Å². The molecule has 0 unspecified atom stereocenters. The summed E-state index contributed by atoms with van der Waals surface area (Å²) in [6.07, 6.45) is 2.07. The third-order valence-corrected chi connectivity index (χ3v) is 3.84. The van der Waals surface area contributed by atoms with Crippen molar-refractivity contribution in [3.63, 3.8) is 0 Å². The molecule has 1 aromatic carbocycles. The van der Waals surface area contributed by atoms with Crippen LogP contribution in [0, 0.1) is 0 Å². The van der Waals surface area contributed by atoms with Crippen molar-refractivity contribution in [1.29, 1.82) is 0 Å². The lowest BCUT2D eigenvalue weighted by atomic mass is 10.2.